The van der Waals surface area contributed by atoms with E-state index < -0.39 is 0 Å². The number of halogens is 1. The van der Waals surface area contributed by atoms with Crippen molar-refractivity contribution in [1.82, 2.24) is 9.78 Å². The van der Waals surface area contributed by atoms with Gasteiger partial charge in [-0.15, -0.1) is 0 Å². The molecule has 0 radical (unpaired) electrons. The Morgan fingerprint density at radius 2 is 2.12 bits per heavy atom. The predicted octanol–water partition coefficient (Wildman–Crippen LogP) is 2.96. The van der Waals surface area contributed by atoms with Crippen molar-refractivity contribution in [3.05, 3.63) is 46.2 Å². The molecule has 0 saturated carbocycles. The molecule has 0 saturated heterocycles. The van der Waals surface area contributed by atoms with Crippen LogP contribution in [0.2, 0.25) is 5.02 Å². The minimum atomic E-state index is 0.597. The summed E-state index contributed by atoms with van der Waals surface area (Å²) in [7, 11) is 0. The number of aldehydes is 1. The van der Waals surface area contributed by atoms with Gasteiger partial charge < -0.3 is 0 Å². The molecule has 0 aliphatic rings. The van der Waals surface area contributed by atoms with Crippen molar-refractivity contribution in [2.45, 2.75) is 13.8 Å². The summed E-state index contributed by atoms with van der Waals surface area (Å²) < 4.78 is 1.73. The van der Waals surface area contributed by atoms with Crippen LogP contribution in [-0.2, 0) is 0 Å². The lowest BCUT2D eigenvalue weighted by Gasteiger charge is -2.09. The number of aromatic nitrogens is 2. The Kier molecular flexibility index (Phi) is 2.79. The van der Waals surface area contributed by atoms with Gasteiger partial charge in [0.1, 0.15) is 0 Å². The van der Waals surface area contributed by atoms with Crippen molar-refractivity contribution in [2.24, 2.45) is 0 Å². The lowest BCUT2D eigenvalue weighted by atomic mass is 10.2. The van der Waals surface area contributed by atoms with E-state index in [1.54, 1.807) is 10.9 Å². The quantitative estimate of drug-likeness (QED) is 0.749. The van der Waals surface area contributed by atoms with Crippen molar-refractivity contribution < 1.29 is 4.79 Å². The number of benzene rings is 1. The highest BCUT2D eigenvalue weighted by molar-refractivity contribution is 6.31. The fraction of sp³-hybridized carbons (Fsp3) is 0.167. The predicted molar refractivity (Wildman–Crippen MR) is 63.4 cm³/mol. The van der Waals surface area contributed by atoms with Gasteiger partial charge in [0.2, 0.25) is 0 Å². The zero-order chi connectivity index (χ0) is 11.7. The lowest BCUT2D eigenvalue weighted by Crippen LogP contribution is -2.02. The number of carbonyl (C=O) groups excluding carboxylic acids is 1. The maximum Gasteiger partial charge on any atom is 0.153 e. The first-order valence-corrected chi connectivity index (χ1v) is 5.28. The number of nitrogens with zero attached hydrogens (tertiary/aromatic N) is 2. The Hall–Kier alpha value is -1.61. The minimum Gasteiger partial charge on any atom is -0.298 e. The Balaban J connectivity index is 2.63. The average Bonchev–Trinajstić information content (AvgIpc) is 2.64. The molecule has 0 spiro atoms. The molecule has 2 rings (SSSR count). The molecule has 0 fully saturated rings. The van der Waals surface area contributed by atoms with Crippen LogP contribution < -0.4 is 0 Å². The topological polar surface area (TPSA) is 34.9 Å². The number of rotatable bonds is 2. The van der Waals surface area contributed by atoms with Gasteiger partial charge in [-0.3, -0.25) is 4.79 Å². The molecule has 0 aliphatic heterocycles. The molecule has 82 valence electrons. The summed E-state index contributed by atoms with van der Waals surface area (Å²) in [6.45, 7) is 3.79. The minimum absolute atomic E-state index is 0.597. The number of hydrogen-bond acceptors (Lipinski definition) is 2. The summed E-state index contributed by atoms with van der Waals surface area (Å²) >= 11 is 6.05. The second kappa shape index (κ2) is 4.10. The molecule has 0 atom stereocenters. The highest BCUT2D eigenvalue weighted by Crippen LogP contribution is 2.23. The van der Waals surface area contributed by atoms with Crippen LogP contribution in [0.1, 0.15) is 21.6 Å². The molecule has 1 heterocycles. The average molecular weight is 235 g/mol. The fourth-order valence-electron chi connectivity index (χ4n) is 1.61. The first-order chi connectivity index (χ1) is 7.65. The van der Waals surface area contributed by atoms with Crippen LogP contribution in [0.15, 0.2) is 24.4 Å². The van der Waals surface area contributed by atoms with E-state index in [2.05, 4.69) is 5.10 Å². The van der Waals surface area contributed by atoms with Crippen LogP contribution in [0.4, 0.5) is 0 Å². The van der Waals surface area contributed by atoms with Crippen LogP contribution in [0, 0.1) is 13.8 Å². The van der Waals surface area contributed by atoms with Gasteiger partial charge in [-0.2, -0.15) is 5.10 Å². The summed E-state index contributed by atoms with van der Waals surface area (Å²) in [5.74, 6) is 0. The van der Waals surface area contributed by atoms with Crippen LogP contribution in [0.25, 0.3) is 5.69 Å². The van der Waals surface area contributed by atoms with Gasteiger partial charge in [-0.1, -0.05) is 17.7 Å². The molecule has 4 heteroatoms. The fourth-order valence-corrected chi connectivity index (χ4v) is 1.78. The second-order valence-electron chi connectivity index (χ2n) is 3.60. The molecule has 1 aromatic heterocycles. The molecule has 0 aliphatic carbocycles. The van der Waals surface area contributed by atoms with E-state index in [1.807, 2.05) is 32.0 Å². The summed E-state index contributed by atoms with van der Waals surface area (Å²) in [4.78, 5) is 10.7. The third-order valence-corrected chi connectivity index (χ3v) is 3.05. The summed E-state index contributed by atoms with van der Waals surface area (Å²) in [5, 5.41) is 4.88. The van der Waals surface area contributed by atoms with Crippen molar-refractivity contribution in [3.8, 4) is 5.69 Å². The summed E-state index contributed by atoms with van der Waals surface area (Å²) in [6, 6.07) is 5.63. The largest absolute Gasteiger partial charge is 0.298 e. The van der Waals surface area contributed by atoms with Crippen LogP contribution in [0.3, 0.4) is 0 Å². The smallest absolute Gasteiger partial charge is 0.153 e. The normalized spacial score (nSPS) is 10.4. The molecule has 2 aromatic rings. The van der Waals surface area contributed by atoms with E-state index in [1.165, 1.54) is 0 Å². The van der Waals surface area contributed by atoms with Gasteiger partial charge in [0.05, 0.1) is 23.1 Å². The zero-order valence-electron chi connectivity index (χ0n) is 9.07. The molecule has 16 heavy (non-hydrogen) atoms. The Bertz CT molecular complexity index is 546. The van der Waals surface area contributed by atoms with Crippen molar-refractivity contribution in [3.63, 3.8) is 0 Å². The van der Waals surface area contributed by atoms with E-state index in [0.717, 1.165) is 23.2 Å². The molecule has 0 bridgehead atoms. The van der Waals surface area contributed by atoms with Gasteiger partial charge in [-0.05, 0) is 31.5 Å². The second-order valence-corrected chi connectivity index (χ2v) is 4.01. The Morgan fingerprint density at radius 3 is 2.75 bits per heavy atom. The van der Waals surface area contributed by atoms with Gasteiger partial charge in [-0.25, -0.2) is 4.68 Å². The molecule has 0 unspecified atom stereocenters. The number of carbonyl (C=O) groups is 1. The van der Waals surface area contributed by atoms with Crippen molar-refractivity contribution in [1.29, 1.82) is 0 Å². The van der Waals surface area contributed by atoms with E-state index in [0.29, 0.717) is 10.6 Å². The lowest BCUT2D eigenvalue weighted by molar-refractivity contribution is 0.112. The van der Waals surface area contributed by atoms with E-state index in [9.17, 15) is 4.79 Å². The first-order valence-electron chi connectivity index (χ1n) is 4.90. The third kappa shape index (κ3) is 1.63. The number of hydrogen-bond donors (Lipinski definition) is 0. The SMILES string of the molecule is Cc1c(Cl)cccc1-n1ncc(C=O)c1C. The third-order valence-electron chi connectivity index (χ3n) is 2.64. The van der Waals surface area contributed by atoms with Crippen LogP contribution in [0.5, 0.6) is 0 Å². The monoisotopic (exact) mass is 234 g/mol. The Morgan fingerprint density at radius 1 is 1.38 bits per heavy atom. The van der Waals surface area contributed by atoms with Gasteiger partial charge in [0.25, 0.3) is 0 Å². The molecule has 0 amide bonds. The van der Waals surface area contributed by atoms with Crippen LogP contribution in [-0.4, -0.2) is 16.1 Å². The summed E-state index contributed by atoms with van der Waals surface area (Å²) in [6.07, 6.45) is 2.36. The van der Waals surface area contributed by atoms with E-state index >= 15 is 0 Å². The Labute approximate surface area is 98.7 Å². The maximum absolute atomic E-state index is 10.7. The highest BCUT2D eigenvalue weighted by Gasteiger charge is 2.10. The molecule has 3 nitrogen and oxygen atoms in total. The van der Waals surface area contributed by atoms with Crippen molar-refractivity contribution >= 4 is 17.9 Å². The standard InChI is InChI=1S/C12H11ClN2O/c1-8-11(13)4-3-5-12(8)15-9(2)10(7-16)6-14-15/h3-7H,1-2H3. The molecule has 0 N–H and O–H groups in total. The molecule has 1 aromatic carbocycles. The van der Waals surface area contributed by atoms with Gasteiger partial charge >= 0.3 is 0 Å². The molecular formula is C12H11ClN2O. The van der Waals surface area contributed by atoms with E-state index in [4.69, 9.17) is 11.6 Å². The highest BCUT2D eigenvalue weighted by atomic mass is 35.5. The maximum atomic E-state index is 10.7. The van der Waals surface area contributed by atoms with Crippen molar-refractivity contribution in [2.75, 3.05) is 0 Å². The first kappa shape index (κ1) is 10.9. The zero-order valence-corrected chi connectivity index (χ0v) is 9.82. The molecular weight excluding hydrogens is 224 g/mol. The van der Waals surface area contributed by atoms with Gasteiger partial charge in [0, 0.05) is 5.02 Å². The van der Waals surface area contributed by atoms with Crippen LogP contribution >= 0.6 is 11.6 Å². The van der Waals surface area contributed by atoms with E-state index in [-0.39, 0.29) is 0 Å². The van der Waals surface area contributed by atoms with Gasteiger partial charge in [0.15, 0.2) is 6.29 Å². The summed E-state index contributed by atoms with van der Waals surface area (Å²) in [5.41, 5.74) is 3.27.